The van der Waals surface area contributed by atoms with Crippen molar-refractivity contribution >= 4 is 55.1 Å². The molecule has 1 N–H and O–H groups in total. The van der Waals surface area contributed by atoms with Crippen LogP contribution in [-0.2, 0) is 26.2 Å². The van der Waals surface area contributed by atoms with Crippen LogP contribution in [0.15, 0.2) is 82.2 Å². The zero-order valence-corrected chi connectivity index (χ0v) is 25.4. The topological polar surface area (TPSA) is 86.8 Å². The second kappa shape index (κ2) is 14.0. The standard InChI is InChI=1S/C29H33BrClN3O4S/c1-4-5-18-32-29(36)22(3)33(19-23-8-10-24(30)11-9-23)28(35)20-34(26-14-12-25(31)13-15-26)39(37,38)27-16-6-21(2)7-17-27/h6-17,22H,4-5,18-20H2,1-3H3,(H,32,36). The highest BCUT2D eigenvalue weighted by Gasteiger charge is 2.32. The number of anilines is 1. The summed E-state index contributed by atoms with van der Waals surface area (Å²) in [7, 11) is -4.12. The van der Waals surface area contributed by atoms with Crippen molar-refractivity contribution in [2.24, 2.45) is 0 Å². The van der Waals surface area contributed by atoms with E-state index in [1.165, 1.54) is 17.0 Å². The zero-order valence-electron chi connectivity index (χ0n) is 22.2. The average molecular weight is 635 g/mol. The van der Waals surface area contributed by atoms with E-state index in [-0.39, 0.29) is 23.0 Å². The smallest absolute Gasteiger partial charge is 0.264 e. The molecule has 0 spiro atoms. The first-order valence-corrected chi connectivity index (χ1v) is 15.3. The average Bonchev–Trinajstić information content (AvgIpc) is 2.91. The SMILES string of the molecule is CCCCNC(=O)C(C)N(Cc1ccc(Br)cc1)C(=O)CN(c1ccc(Cl)cc1)S(=O)(=O)c1ccc(C)cc1. The van der Waals surface area contributed by atoms with Crippen LogP contribution in [0.4, 0.5) is 5.69 Å². The van der Waals surface area contributed by atoms with Gasteiger partial charge >= 0.3 is 0 Å². The van der Waals surface area contributed by atoms with Crippen LogP contribution in [0.2, 0.25) is 5.02 Å². The summed E-state index contributed by atoms with van der Waals surface area (Å²) in [5, 5.41) is 3.32. The summed E-state index contributed by atoms with van der Waals surface area (Å²) in [5.74, 6) is -0.810. The second-order valence-corrected chi connectivity index (χ2v) is 12.5. The maximum absolute atomic E-state index is 13.9. The van der Waals surface area contributed by atoms with E-state index in [0.29, 0.717) is 11.6 Å². The number of sulfonamides is 1. The molecule has 208 valence electrons. The molecule has 10 heteroatoms. The summed E-state index contributed by atoms with van der Waals surface area (Å²) in [5.41, 5.74) is 2.00. The molecule has 2 amide bonds. The normalized spacial score (nSPS) is 12.0. The molecule has 0 heterocycles. The molecule has 0 saturated carbocycles. The van der Waals surface area contributed by atoms with Crippen LogP contribution in [0, 0.1) is 6.92 Å². The number of aryl methyl sites for hydroxylation is 1. The third-order valence-electron chi connectivity index (χ3n) is 6.27. The lowest BCUT2D eigenvalue weighted by Gasteiger charge is -2.32. The van der Waals surface area contributed by atoms with Gasteiger partial charge in [0.1, 0.15) is 12.6 Å². The van der Waals surface area contributed by atoms with Gasteiger partial charge < -0.3 is 10.2 Å². The molecule has 0 fully saturated rings. The quantitative estimate of drug-likeness (QED) is 0.250. The Labute approximate surface area is 244 Å². The largest absolute Gasteiger partial charge is 0.354 e. The highest BCUT2D eigenvalue weighted by molar-refractivity contribution is 9.10. The Morgan fingerprint density at radius 2 is 1.59 bits per heavy atom. The van der Waals surface area contributed by atoms with Crippen molar-refractivity contribution in [3.05, 3.63) is 93.4 Å². The van der Waals surface area contributed by atoms with Crippen molar-refractivity contribution in [3.8, 4) is 0 Å². The Bertz CT molecular complexity index is 1370. The first-order valence-electron chi connectivity index (χ1n) is 12.7. The number of amides is 2. The number of nitrogens with zero attached hydrogens (tertiary/aromatic N) is 2. The van der Waals surface area contributed by atoms with Crippen LogP contribution in [0.1, 0.15) is 37.8 Å². The van der Waals surface area contributed by atoms with E-state index in [2.05, 4.69) is 21.2 Å². The molecule has 0 aliphatic carbocycles. The minimum absolute atomic E-state index is 0.0562. The molecule has 7 nitrogen and oxygen atoms in total. The molecule has 0 aliphatic heterocycles. The highest BCUT2D eigenvalue weighted by atomic mass is 79.9. The first kappa shape index (κ1) is 30.7. The van der Waals surface area contributed by atoms with Gasteiger partial charge in [-0.25, -0.2) is 8.42 Å². The molecule has 3 aromatic rings. The van der Waals surface area contributed by atoms with E-state index in [0.717, 1.165) is 32.7 Å². The number of carbonyl (C=O) groups is 2. The van der Waals surface area contributed by atoms with Crippen molar-refractivity contribution in [1.82, 2.24) is 10.2 Å². The number of carbonyl (C=O) groups excluding carboxylic acids is 2. The van der Waals surface area contributed by atoms with Crippen LogP contribution >= 0.6 is 27.5 Å². The van der Waals surface area contributed by atoms with E-state index in [1.807, 2.05) is 38.1 Å². The predicted octanol–water partition coefficient (Wildman–Crippen LogP) is 5.94. The third-order valence-corrected chi connectivity index (χ3v) is 8.83. The van der Waals surface area contributed by atoms with Crippen molar-refractivity contribution in [2.75, 3.05) is 17.4 Å². The Kier molecular flexibility index (Phi) is 11.0. The number of benzene rings is 3. The number of rotatable bonds is 12. The second-order valence-electron chi connectivity index (χ2n) is 9.27. The van der Waals surface area contributed by atoms with E-state index < -0.39 is 28.5 Å². The van der Waals surface area contributed by atoms with Gasteiger partial charge in [0, 0.05) is 22.6 Å². The number of halogens is 2. The summed E-state index contributed by atoms with van der Waals surface area (Å²) in [6, 6.07) is 19.3. The van der Waals surface area contributed by atoms with Gasteiger partial charge in [-0.1, -0.05) is 70.7 Å². The molecular formula is C29H33BrClN3O4S. The molecule has 39 heavy (non-hydrogen) atoms. The Balaban J connectivity index is 1.98. The third kappa shape index (κ3) is 8.30. The highest BCUT2D eigenvalue weighted by Crippen LogP contribution is 2.26. The molecule has 3 aromatic carbocycles. The molecule has 1 atom stereocenters. The summed E-state index contributed by atoms with van der Waals surface area (Å²) in [6.07, 6.45) is 1.74. The van der Waals surface area contributed by atoms with Crippen LogP contribution in [0.5, 0.6) is 0 Å². The predicted molar refractivity (Wildman–Crippen MR) is 159 cm³/mol. The number of hydrogen-bond donors (Lipinski definition) is 1. The van der Waals surface area contributed by atoms with E-state index >= 15 is 0 Å². The molecule has 0 aromatic heterocycles. The molecule has 3 rings (SSSR count). The Hall–Kier alpha value is -2.88. The van der Waals surface area contributed by atoms with Crippen LogP contribution in [0.3, 0.4) is 0 Å². The number of hydrogen-bond acceptors (Lipinski definition) is 4. The molecule has 0 aliphatic rings. The minimum atomic E-state index is -4.12. The minimum Gasteiger partial charge on any atom is -0.354 e. The van der Waals surface area contributed by atoms with Gasteiger partial charge in [0.2, 0.25) is 11.8 Å². The fourth-order valence-electron chi connectivity index (χ4n) is 3.88. The molecule has 0 bridgehead atoms. The first-order chi connectivity index (χ1) is 18.5. The van der Waals surface area contributed by atoms with Gasteiger partial charge in [-0.3, -0.25) is 13.9 Å². The maximum Gasteiger partial charge on any atom is 0.264 e. The van der Waals surface area contributed by atoms with Crippen molar-refractivity contribution < 1.29 is 18.0 Å². The van der Waals surface area contributed by atoms with Crippen molar-refractivity contribution in [3.63, 3.8) is 0 Å². The zero-order chi connectivity index (χ0) is 28.6. The Morgan fingerprint density at radius 3 is 2.18 bits per heavy atom. The van der Waals surface area contributed by atoms with Crippen LogP contribution < -0.4 is 9.62 Å². The summed E-state index contributed by atoms with van der Waals surface area (Å²) in [4.78, 5) is 28.3. The molecule has 0 radical (unpaired) electrons. The Morgan fingerprint density at radius 1 is 0.974 bits per heavy atom. The molecular weight excluding hydrogens is 602 g/mol. The van der Waals surface area contributed by atoms with Crippen molar-refractivity contribution in [2.45, 2.75) is 51.1 Å². The monoisotopic (exact) mass is 633 g/mol. The lowest BCUT2D eigenvalue weighted by Crippen LogP contribution is -2.51. The van der Waals surface area contributed by atoms with Gasteiger partial charge in [0.05, 0.1) is 10.6 Å². The van der Waals surface area contributed by atoms with Gasteiger partial charge in [-0.05, 0) is 74.4 Å². The van der Waals surface area contributed by atoms with Gasteiger partial charge in [0.25, 0.3) is 10.0 Å². The molecule has 0 saturated heterocycles. The van der Waals surface area contributed by atoms with E-state index in [4.69, 9.17) is 11.6 Å². The van der Waals surface area contributed by atoms with Gasteiger partial charge in [0.15, 0.2) is 0 Å². The maximum atomic E-state index is 13.9. The summed E-state index contributed by atoms with van der Waals surface area (Å²) >= 11 is 9.47. The van der Waals surface area contributed by atoms with Gasteiger partial charge in [-0.15, -0.1) is 0 Å². The lowest BCUT2D eigenvalue weighted by atomic mass is 10.1. The van der Waals surface area contributed by atoms with Crippen molar-refractivity contribution in [1.29, 1.82) is 0 Å². The number of nitrogens with one attached hydrogen (secondary N) is 1. The fraction of sp³-hybridized carbons (Fsp3) is 0.310. The number of unbranched alkanes of at least 4 members (excludes halogenated alkanes) is 1. The van der Waals surface area contributed by atoms with Crippen LogP contribution in [0.25, 0.3) is 0 Å². The summed E-state index contributed by atoms with van der Waals surface area (Å²) < 4.78 is 29.5. The van der Waals surface area contributed by atoms with E-state index in [9.17, 15) is 18.0 Å². The van der Waals surface area contributed by atoms with Gasteiger partial charge in [-0.2, -0.15) is 0 Å². The molecule has 1 unspecified atom stereocenters. The lowest BCUT2D eigenvalue weighted by molar-refractivity contribution is -0.139. The fourth-order valence-corrected chi connectivity index (χ4v) is 5.68. The van der Waals surface area contributed by atoms with E-state index in [1.54, 1.807) is 43.3 Å². The van der Waals surface area contributed by atoms with Crippen LogP contribution in [-0.4, -0.2) is 44.3 Å². The summed E-state index contributed by atoms with van der Waals surface area (Å²) in [6.45, 7) is 5.68.